The van der Waals surface area contributed by atoms with Gasteiger partial charge in [0.05, 0.1) is 16.7 Å². The molecule has 0 atom stereocenters. The Balaban J connectivity index is 2.07. The summed E-state index contributed by atoms with van der Waals surface area (Å²) >= 11 is 0. The first kappa shape index (κ1) is 11.8. The van der Waals surface area contributed by atoms with Gasteiger partial charge in [-0.25, -0.2) is 0 Å². The molecule has 0 unspecified atom stereocenters. The topological polar surface area (TPSA) is 59.5 Å². The molecule has 1 aromatic heterocycles. The van der Waals surface area contributed by atoms with Gasteiger partial charge in [-0.05, 0) is 37.1 Å². The maximum Gasteiger partial charge on any atom is 0.280 e. The Hall–Kier alpha value is -2.30. The predicted molar refractivity (Wildman–Crippen MR) is 72.2 cm³/mol. The molecule has 5 nitrogen and oxygen atoms in total. The number of furan rings is 1. The second-order valence-corrected chi connectivity index (χ2v) is 4.63. The minimum atomic E-state index is -0.369. The lowest BCUT2D eigenvalue weighted by Crippen LogP contribution is -2.17. The fraction of sp³-hybridized carbons (Fsp3) is 0.286. The summed E-state index contributed by atoms with van der Waals surface area (Å²) < 4.78 is 5.31. The first-order valence-corrected chi connectivity index (χ1v) is 6.33. The van der Waals surface area contributed by atoms with Gasteiger partial charge in [0.15, 0.2) is 0 Å². The number of hydrogen-bond donors (Lipinski definition) is 0. The van der Waals surface area contributed by atoms with E-state index < -0.39 is 0 Å². The first-order valence-electron chi connectivity index (χ1n) is 6.33. The molecule has 1 aliphatic heterocycles. The minimum absolute atomic E-state index is 0.0814. The van der Waals surface area contributed by atoms with Crippen LogP contribution in [-0.4, -0.2) is 18.0 Å². The Morgan fingerprint density at radius 3 is 2.63 bits per heavy atom. The van der Waals surface area contributed by atoms with Gasteiger partial charge in [0.2, 0.25) is 0 Å². The van der Waals surface area contributed by atoms with Crippen LogP contribution < -0.4 is 4.90 Å². The van der Waals surface area contributed by atoms with Crippen molar-refractivity contribution in [2.75, 3.05) is 18.0 Å². The number of nitro groups is 1. The number of anilines is 1. The molecule has 2 aromatic rings. The third-order valence-corrected chi connectivity index (χ3v) is 3.43. The molecule has 0 spiro atoms. The van der Waals surface area contributed by atoms with Gasteiger partial charge in [0, 0.05) is 24.8 Å². The Labute approximate surface area is 110 Å². The van der Waals surface area contributed by atoms with Crippen molar-refractivity contribution in [2.45, 2.75) is 12.8 Å². The van der Waals surface area contributed by atoms with Gasteiger partial charge in [0.25, 0.3) is 5.69 Å². The highest BCUT2D eigenvalue weighted by Gasteiger charge is 2.20. The maximum absolute atomic E-state index is 11.1. The molecule has 19 heavy (non-hydrogen) atoms. The van der Waals surface area contributed by atoms with Crippen molar-refractivity contribution in [1.82, 2.24) is 0 Å². The van der Waals surface area contributed by atoms with Crippen LogP contribution in [-0.2, 0) is 0 Å². The third kappa shape index (κ3) is 2.19. The Kier molecular flexibility index (Phi) is 2.95. The summed E-state index contributed by atoms with van der Waals surface area (Å²) in [7, 11) is 0. The normalized spacial score (nSPS) is 14.8. The van der Waals surface area contributed by atoms with E-state index in [0.29, 0.717) is 11.3 Å². The minimum Gasteiger partial charge on any atom is -0.464 e. The van der Waals surface area contributed by atoms with Gasteiger partial charge in [-0.1, -0.05) is 0 Å². The number of hydrogen-bond acceptors (Lipinski definition) is 4. The quantitative estimate of drug-likeness (QED) is 0.625. The fourth-order valence-electron chi connectivity index (χ4n) is 2.48. The molecule has 1 saturated heterocycles. The van der Waals surface area contributed by atoms with Crippen LogP contribution in [0, 0.1) is 10.1 Å². The van der Waals surface area contributed by atoms with Crippen LogP contribution in [0.2, 0.25) is 0 Å². The fourth-order valence-corrected chi connectivity index (χ4v) is 2.48. The monoisotopic (exact) mass is 258 g/mol. The van der Waals surface area contributed by atoms with Crippen molar-refractivity contribution in [3.05, 3.63) is 46.7 Å². The zero-order valence-corrected chi connectivity index (χ0v) is 10.4. The molecule has 0 aliphatic carbocycles. The molecule has 0 amide bonds. The van der Waals surface area contributed by atoms with Gasteiger partial charge in [-0.3, -0.25) is 10.1 Å². The number of nitro benzene ring substituents is 1. The molecule has 1 aliphatic rings. The van der Waals surface area contributed by atoms with E-state index in [-0.39, 0.29) is 10.6 Å². The number of rotatable bonds is 3. The zero-order chi connectivity index (χ0) is 13.2. The van der Waals surface area contributed by atoms with Gasteiger partial charge < -0.3 is 9.32 Å². The lowest BCUT2D eigenvalue weighted by molar-refractivity contribution is -0.384. The molecule has 2 heterocycles. The van der Waals surface area contributed by atoms with E-state index in [0.717, 1.165) is 18.8 Å². The van der Waals surface area contributed by atoms with Crippen LogP contribution in [0.25, 0.3) is 11.3 Å². The van der Waals surface area contributed by atoms with Gasteiger partial charge in [0.1, 0.15) is 5.76 Å². The summed E-state index contributed by atoms with van der Waals surface area (Å²) in [6, 6.07) is 8.71. The maximum atomic E-state index is 11.1. The Bertz CT molecular complexity index is 587. The molecule has 0 saturated carbocycles. The zero-order valence-electron chi connectivity index (χ0n) is 10.4. The summed E-state index contributed by atoms with van der Waals surface area (Å²) in [4.78, 5) is 13.0. The highest BCUT2D eigenvalue weighted by atomic mass is 16.6. The van der Waals surface area contributed by atoms with Crippen molar-refractivity contribution >= 4 is 11.4 Å². The molecule has 3 rings (SSSR count). The van der Waals surface area contributed by atoms with Crippen LogP contribution in [0.5, 0.6) is 0 Å². The van der Waals surface area contributed by atoms with Crippen LogP contribution in [0.3, 0.4) is 0 Å². The lowest BCUT2D eigenvalue weighted by Gasteiger charge is -2.18. The van der Waals surface area contributed by atoms with Gasteiger partial charge >= 0.3 is 0 Å². The van der Waals surface area contributed by atoms with E-state index in [1.807, 2.05) is 12.1 Å². The molecule has 5 heteroatoms. The second-order valence-electron chi connectivity index (χ2n) is 4.63. The number of benzene rings is 1. The molecule has 98 valence electrons. The molecule has 0 N–H and O–H groups in total. The van der Waals surface area contributed by atoms with E-state index in [4.69, 9.17) is 4.42 Å². The van der Waals surface area contributed by atoms with E-state index in [9.17, 15) is 10.1 Å². The highest BCUT2D eigenvalue weighted by molar-refractivity contribution is 5.74. The van der Waals surface area contributed by atoms with Crippen LogP contribution in [0.4, 0.5) is 11.4 Å². The van der Waals surface area contributed by atoms with E-state index in [2.05, 4.69) is 4.90 Å². The second kappa shape index (κ2) is 4.76. The van der Waals surface area contributed by atoms with E-state index in [1.54, 1.807) is 18.2 Å². The smallest absolute Gasteiger partial charge is 0.280 e. The summed E-state index contributed by atoms with van der Waals surface area (Å²) in [5, 5.41) is 11.1. The first-order chi connectivity index (χ1) is 9.25. The average molecular weight is 258 g/mol. The lowest BCUT2D eigenvalue weighted by atomic mass is 10.1. The average Bonchev–Trinajstić information content (AvgIpc) is 3.11. The Morgan fingerprint density at radius 2 is 2.00 bits per heavy atom. The molecule has 1 fully saturated rings. The molecular formula is C14H14N2O3. The third-order valence-electron chi connectivity index (χ3n) is 3.43. The number of nitrogens with zero attached hydrogens (tertiary/aromatic N) is 2. The van der Waals surface area contributed by atoms with Crippen molar-refractivity contribution in [3.63, 3.8) is 0 Å². The summed E-state index contributed by atoms with van der Waals surface area (Å²) in [5.41, 5.74) is 1.65. The van der Waals surface area contributed by atoms with E-state index in [1.165, 1.54) is 19.1 Å². The largest absolute Gasteiger partial charge is 0.464 e. The summed E-state index contributed by atoms with van der Waals surface area (Å²) in [6.07, 6.45) is 3.88. The van der Waals surface area contributed by atoms with Crippen molar-refractivity contribution in [2.24, 2.45) is 0 Å². The molecule has 1 aromatic carbocycles. The van der Waals surface area contributed by atoms with E-state index >= 15 is 0 Å². The van der Waals surface area contributed by atoms with Crippen molar-refractivity contribution < 1.29 is 9.34 Å². The van der Waals surface area contributed by atoms with Crippen molar-refractivity contribution in [3.8, 4) is 11.3 Å². The van der Waals surface area contributed by atoms with Crippen LogP contribution in [0.15, 0.2) is 41.0 Å². The molecule has 0 radical (unpaired) electrons. The van der Waals surface area contributed by atoms with Gasteiger partial charge in [-0.15, -0.1) is 0 Å². The van der Waals surface area contributed by atoms with Crippen molar-refractivity contribution in [1.29, 1.82) is 0 Å². The standard InChI is InChI=1S/C14H14N2O3/c17-16(18)13-6-5-11(15-7-1-2-8-15)10-12(13)14-4-3-9-19-14/h3-6,9-10H,1-2,7-8H2. The molecule has 0 bridgehead atoms. The molecular weight excluding hydrogens is 244 g/mol. The SMILES string of the molecule is O=[N+]([O-])c1ccc(N2CCCC2)cc1-c1ccco1. The van der Waals surface area contributed by atoms with Crippen LogP contribution in [0.1, 0.15) is 12.8 Å². The summed E-state index contributed by atoms with van der Waals surface area (Å²) in [6.45, 7) is 2.02. The summed E-state index contributed by atoms with van der Waals surface area (Å²) in [5.74, 6) is 0.535. The highest BCUT2D eigenvalue weighted by Crippen LogP contribution is 2.34. The Morgan fingerprint density at radius 1 is 1.21 bits per heavy atom. The van der Waals surface area contributed by atoms with Crippen LogP contribution >= 0.6 is 0 Å². The van der Waals surface area contributed by atoms with Gasteiger partial charge in [-0.2, -0.15) is 0 Å². The predicted octanol–water partition coefficient (Wildman–Crippen LogP) is 3.46.